The van der Waals surface area contributed by atoms with Crippen molar-refractivity contribution in [1.82, 2.24) is 4.98 Å². The predicted molar refractivity (Wildman–Crippen MR) is 101 cm³/mol. The molecule has 1 aromatic carbocycles. The maximum absolute atomic E-state index is 11.5. The van der Waals surface area contributed by atoms with Gasteiger partial charge in [-0.1, -0.05) is 6.07 Å². The van der Waals surface area contributed by atoms with Gasteiger partial charge in [-0.25, -0.2) is 9.78 Å². The number of anilines is 2. The van der Waals surface area contributed by atoms with Gasteiger partial charge < -0.3 is 14.5 Å². The molecule has 1 saturated heterocycles. The summed E-state index contributed by atoms with van der Waals surface area (Å²) < 4.78 is 4.53. The number of nitro benzene ring substituents is 1. The molecule has 0 atom stereocenters. The standard InChI is InChI=1S/C17H18N4O4S/c1-25-16(22)5-3-13-2-4-14(15(12-13)21(23)24)19-7-9-20(10-8-19)17-18-6-11-26-17/h2-6,11-12H,7-10H2,1H3/b5-3+. The van der Waals surface area contributed by atoms with Crippen LogP contribution in [0.25, 0.3) is 6.08 Å². The topological polar surface area (TPSA) is 88.8 Å². The summed E-state index contributed by atoms with van der Waals surface area (Å²) in [6, 6.07) is 4.96. The molecule has 0 aliphatic carbocycles. The van der Waals surface area contributed by atoms with Crippen molar-refractivity contribution >= 4 is 39.9 Å². The fraction of sp³-hybridized carbons (Fsp3) is 0.294. The number of nitro groups is 1. The fourth-order valence-corrected chi connectivity index (χ4v) is 3.50. The number of aromatic nitrogens is 1. The lowest BCUT2D eigenvalue weighted by atomic mass is 10.1. The van der Waals surface area contributed by atoms with E-state index in [1.54, 1.807) is 29.7 Å². The average molecular weight is 374 g/mol. The number of ether oxygens (including phenoxy) is 1. The van der Waals surface area contributed by atoms with Crippen molar-refractivity contribution in [2.45, 2.75) is 0 Å². The molecule has 0 spiro atoms. The van der Waals surface area contributed by atoms with Crippen molar-refractivity contribution in [3.63, 3.8) is 0 Å². The molecular weight excluding hydrogens is 356 g/mol. The Bertz CT molecular complexity index is 814. The first-order valence-electron chi connectivity index (χ1n) is 8.02. The van der Waals surface area contributed by atoms with Crippen molar-refractivity contribution in [3.05, 3.63) is 51.5 Å². The van der Waals surface area contributed by atoms with Gasteiger partial charge in [0.15, 0.2) is 5.13 Å². The van der Waals surface area contributed by atoms with Crippen LogP contribution in [0.15, 0.2) is 35.9 Å². The van der Waals surface area contributed by atoms with E-state index in [-0.39, 0.29) is 5.69 Å². The second-order valence-electron chi connectivity index (χ2n) is 5.65. The molecule has 2 heterocycles. The Hall–Kier alpha value is -2.94. The molecule has 136 valence electrons. The molecule has 0 saturated carbocycles. The number of carbonyl (C=O) groups excluding carboxylic acids is 1. The van der Waals surface area contributed by atoms with Crippen LogP contribution in [0.3, 0.4) is 0 Å². The van der Waals surface area contributed by atoms with E-state index in [0.717, 1.165) is 18.2 Å². The second kappa shape index (κ2) is 7.96. The number of hydrogen-bond donors (Lipinski definition) is 0. The Morgan fingerprint density at radius 3 is 2.65 bits per heavy atom. The van der Waals surface area contributed by atoms with Gasteiger partial charge in [0.1, 0.15) is 5.69 Å². The SMILES string of the molecule is COC(=O)/C=C/c1ccc(N2CCN(c3nccs3)CC2)c([N+](=O)[O-])c1. The number of methoxy groups -OCH3 is 1. The highest BCUT2D eigenvalue weighted by molar-refractivity contribution is 7.13. The van der Waals surface area contributed by atoms with Gasteiger partial charge in [0.05, 0.1) is 12.0 Å². The minimum absolute atomic E-state index is 0.0275. The molecule has 1 aromatic heterocycles. The van der Waals surface area contributed by atoms with Gasteiger partial charge in [0, 0.05) is 49.9 Å². The predicted octanol–water partition coefficient (Wildman–Crippen LogP) is 2.56. The zero-order valence-corrected chi connectivity index (χ0v) is 15.0. The Morgan fingerprint density at radius 1 is 1.31 bits per heavy atom. The van der Waals surface area contributed by atoms with Crippen LogP contribution in [0.1, 0.15) is 5.56 Å². The number of carbonyl (C=O) groups is 1. The van der Waals surface area contributed by atoms with Crippen molar-refractivity contribution < 1.29 is 14.5 Å². The first-order chi connectivity index (χ1) is 12.6. The average Bonchev–Trinajstić information content (AvgIpc) is 3.20. The van der Waals surface area contributed by atoms with E-state index < -0.39 is 10.9 Å². The third-order valence-electron chi connectivity index (χ3n) is 4.12. The monoisotopic (exact) mass is 374 g/mol. The molecule has 0 bridgehead atoms. The van der Waals surface area contributed by atoms with E-state index in [0.29, 0.717) is 24.3 Å². The number of benzene rings is 1. The minimum atomic E-state index is -0.505. The summed E-state index contributed by atoms with van der Waals surface area (Å²) in [5.41, 5.74) is 1.19. The maximum atomic E-state index is 11.5. The summed E-state index contributed by atoms with van der Waals surface area (Å²) in [5, 5.41) is 14.4. The summed E-state index contributed by atoms with van der Waals surface area (Å²) in [7, 11) is 1.28. The van der Waals surface area contributed by atoms with E-state index >= 15 is 0 Å². The summed E-state index contributed by atoms with van der Waals surface area (Å²) >= 11 is 1.59. The van der Waals surface area contributed by atoms with Gasteiger partial charge in [-0.05, 0) is 17.7 Å². The molecule has 0 amide bonds. The van der Waals surface area contributed by atoms with Crippen LogP contribution in [0.2, 0.25) is 0 Å². The number of hydrogen-bond acceptors (Lipinski definition) is 8. The van der Waals surface area contributed by atoms with Crippen molar-refractivity contribution in [1.29, 1.82) is 0 Å². The highest BCUT2D eigenvalue weighted by Gasteiger charge is 2.24. The zero-order chi connectivity index (χ0) is 18.5. The lowest BCUT2D eigenvalue weighted by molar-refractivity contribution is -0.384. The van der Waals surface area contributed by atoms with E-state index in [1.807, 2.05) is 10.3 Å². The summed E-state index contributed by atoms with van der Waals surface area (Å²) in [4.78, 5) is 30.8. The molecule has 2 aromatic rings. The van der Waals surface area contributed by atoms with Gasteiger partial charge >= 0.3 is 5.97 Å². The molecule has 3 rings (SSSR count). The van der Waals surface area contributed by atoms with Crippen LogP contribution in [-0.4, -0.2) is 49.2 Å². The van der Waals surface area contributed by atoms with Crippen LogP contribution in [0.4, 0.5) is 16.5 Å². The molecule has 0 unspecified atom stereocenters. The number of piperazine rings is 1. The quantitative estimate of drug-likeness (QED) is 0.344. The molecule has 1 fully saturated rings. The van der Waals surface area contributed by atoms with E-state index in [9.17, 15) is 14.9 Å². The third-order valence-corrected chi connectivity index (χ3v) is 4.95. The molecule has 8 nitrogen and oxygen atoms in total. The second-order valence-corrected chi connectivity index (χ2v) is 6.52. The largest absolute Gasteiger partial charge is 0.466 e. The minimum Gasteiger partial charge on any atom is -0.466 e. The van der Waals surface area contributed by atoms with E-state index in [4.69, 9.17) is 0 Å². The molecule has 9 heteroatoms. The van der Waals surface area contributed by atoms with Crippen molar-refractivity contribution in [2.75, 3.05) is 43.1 Å². The first kappa shape index (κ1) is 17.9. The van der Waals surface area contributed by atoms with Crippen molar-refractivity contribution in [2.24, 2.45) is 0 Å². The van der Waals surface area contributed by atoms with Crippen molar-refractivity contribution in [3.8, 4) is 0 Å². The van der Waals surface area contributed by atoms with Crippen LogP contribution < -0.4 is 9.80 Å². The molecule has 26 heavy (non-hydrogen) atoms. The third kappa shape index (κ3) is 3.99. The normalized spacial score (nSPS) is 14.7. The van der Waals surface area contributed by atoms with Crippen LogP contribution >= 0.6 is 11.3 Å². The fourth-order valence-electron chi connectivity index (χ4n) is 2.80. The molecule has 1 aliphatic heterocycles. The van der Waals surface area contributed by atoms with E-state index in [1.165, 1.54) is 25.3 Å². The number of thiazole rings is 1. The lowest BCUT2D eigenvalue weighted by Crippen LogP contribution is -2.46. The summed E-state index contributed by atoms with van der Waals surface area (Å²) in [6.07, 6.45) is 4.52. The first-order valence-corrected chi connectivity index (χ1v) is 8.90. The van der Waals surface area contributed by atoms with Gasteiger partial charge in [-0.3, -0.25) is 10.1 Å². The number of nitrogens with zero attached hydrogens (tertiary/aromatic N) is 4. The van der Waals surface area contributed by atoms with Gasteiger partial charge in [0.2, 0.25) is 0 Å². The Labute approximate surface area is 154 Å². The Morgan fingerprint density at radius 2 is 2.04 bits per heavy atom. The molecule has 0 N–H and O–H groups in total. The maximum Gasteiger partial charge on any atom is 0.330 e. The van der Waals surface area contributed by atoms with E-state index in [2.05, 4.69) is 14.6 Å². The number of rotatable bonds is 5. The molecule has 1 aliphatic rings. The Balaban J connectivity index is 1.76. The van der Waals surface area contributed by atoms with Crippen LogP contribution in [0.5, 0.6) is 0 Å². The number of esters is 1. The van der Waals surface area contributed by atoms with Crippen LogP contribution in [0, 0.1) is 10.1 Å². The smallest absolute Gasteiger partial charge is 0.330 e. The summed E-state index contributed by atoms with van der Waals surface area (Å²) in [5.74, 6) is -0.505. The molecule has 0 radical (unpaired) electrons. The van der Waals surface area contributed by atoms with Gasteiger partial charge in [-0.15, -0.1) is 11.3 Å². The van der Waals surface area contributed by atoms with Gasteiger partial charge in [-0.2, -0.15) is 0 Å². The van der Waals surface area contributed by atoms with Gasteiger partial charge in [0.25, 0.3) is 5.69 Å². The summed E-state index contributed by atoms with van der Waals surface area (Å²) in [6.45, 7) is 2.87. The molecular formula is C17H18N4O4S. The zero-order valence-electron chi connectivity index (χ0n) is 14.2. The Kier molecular flexibility index (Phi) is 5.47. The van der Waals surface area contributed by atoms with Crippen LogP contribution in [-0.2, 0) is 9.53 Å². The highest BCUT2D eigenvalue weighted by Crippen LogP contribution is 2.31. The lowest BCUT2D eigenvalue weighted by Gasteiger charge is -2.35. The highest BCUT2D eigenvalue weighted by atomic mass is 32.1.